The fourth-order valence-electron chi connectivity index (χ4n) is 1.88. The summed E-state index contributed by atoms with van der Waals surface area (Å²) in [6.45, 7) is 1.52. The Morgan fingerprint density at radius 1 is 1.60 bits per heavy atom. The van der Waals surface area contributed by atoms with Crippen molar-refractivity contribution in [3.63, 3.8) is 0 Å². The van der Waals surface area contributed by atoms with Crippen molar-refractivity contribution in [2.45, 2.75) is 13.0 Å². The van der Waals surface area contributed by atoms with E-state index in [4.69, 9.17) is 9.47 Å². The Balaban J connectivity index is 2.52. The third kappa shape index (κ3) is 1.84. The Bertz CT molecular complexity index is 379. The van der Waals surface area contributed by atoms with Gasteiger partial charge >= 0.3 is 0 Å². The zero-order valence-corrected chi connectivity index (χ0v) is 10.5. The zero-order chi connectivity index (χ0) is 10.8. The van der Waals surface area contributed by atoms with Crippen LogP contribution in [0.2, 0.25) is 0 Å². The molecule has 4 heteroatoms. The number of halogens is 1. The first kappa shape index (κ1) is 10.8. The summed E-state index contributed by atoms with van der Waals surface area (Å²) in [5.41, 5.74) is 2.33. The molecule has 15 heavy (non-hydrogen) atoms. The lowest BCUT2D eigenvalue weighted by Crippen LogP contribution is -2.07. The molecular weight excluding hydrogens is 258 g/mol. The molecular formula is C11H14BrNO2. The molecule has 1 aromatic rings. The summed E-state index contributed by atoms with van der Waals surface area (Å²) >= 11 is 3.57. The Labute approximate surface area is 97.9 Å². The van der Waals surface area contributed by atoms with Gasteiger partial charge in [-0.1, -0.05) is 15.9 Å². The molecule has 2 rings (SSSR count). The molecule has 0 atom stereocenters. The standard InChI is InChI=1S/C11H14BrNO2/c1-13-6-7-5-9(12)8-3-4-15-11(8)10(7)14-2/h5,13H,3-4,6H2,1-2H3. The van der Waals surface area contributed by atoms with E-state index in [9.17, 15) is 0 Å². The second kappa shape index (κ2) is 4.41. The molecule has 3 nitrogen and oxygen atoms in total. The lowest BCUT2D eigenvalue weighted by Gasteiger charge is -2.13. The van der Waals surface area contributed by atoms with E-state index in [0.29, 0.717) is 0 Å². The summed E-state index contributed by atoms with van der Waals surface area (Å²) < 4.78 is 12.1. The van der Waals surface area contributed by atoms with Crippen LogP contribution < -0.4 is 14.8 Å². The smallest absolute Gasteiger partial charge is 0.165 e. The van der Waals surface area contributed by atoms with Gasteiger partial charge < -0.3 is 14.8 Å². The number of ether oxygens (including phenoxy) is 2. The average molecular weight is 272 g/mol. The highest BCUT2D eigenvalue weighted by molar-refractivity contribution is 9.10. The molecule has 1 heterocycles. The number of rotatable bonds is 3. The van der Waals surface area contributed by atoms with Crippen LogP contribution in [0.25, 0.3) is 0 Å². The van der Waals surface area contributed by atoms with Gasteiger partial charge in [-0.25, -0.2) is 0 Å². The van der Waals surface area contributed by atoms with E-state index in [1.807, 2.05) is 7.05 Å². The molecule has 0 amide bonds. The fourth-order valence-corrected chi connectivity index (χ4v) is 2.54. The van der Waals surface area contributed by atoms with Crippen molar-refractivity contribution in [3.8, 4) is 11.5 Å². The van der Waals surface area contributed by atoms with E-state index in [0.717, 1.165) is 41.1 Å². The van der Waals surface area contributed by atoms with Crippen molar-refractivity contribution in [3.05, 3.63) is 21.7 Å². The van der Waals surface area contributed by atoms with Gasteiger partial charge in [0, 0.05) is 28.6 Å². The Morgan fingerprint density at radius 3 is 3.07 bits per heavy atom. The average Bonchev–Trinajstić information content (AvgIpc) is 2.68. The second-order valence-electron chi connectivity index (χ2n) is 3.49. The van der Waals surface area contributed by atoms with Gasteiger partial charge in [-0.3, -0.25) is 0 Å². The molecule has 0 aromatic heterocycles. The molecule has 0 saturated carbocycles. The van der Waals surface area contributed by atoms with Crippen LogP contribution >= 0.6 is 15.9 Å². The van der Waals surface area contributed by atoms with Crippen LogP contribution in [0.15, 0.2) is 10.5 Å². The maximum atomic E-state index is 5.61. The Morgan fingerprint density at radius 2 is 2.40 bits per heavy atom. The lowest BCUT2D eigenvalue weighted by molar-refractivity contribution is 0.324. The zero-order valence-electron chi connectivity index (χ0n) is 8.89. The summed E-state index contributed by atoms with van der Waals surface area (Å²) in [5.74, 6) is 1.76. The van der Waals surface area contributed by atoms with Crippen LogP contribution in [0.5, 0.6) is 11.5 Å². The van der Waals surface area contributed by atoms with Gasteiger partial charge in [0.05, 0.1) is 13.7 Å². The highest BCUT2D eigenvalue weighted by atomic mass is 79.9. The number of benzene rings is 1. The minimum absolute atomic E-state index is 0.743. The third-order valence-electron chi connectivity index (χ3n) is 2.53. The van der Waals surface area contributed by atoms with E-state index in [-0.39, 0.29) is 0 Å². The number of nitrogens with one attached hydrogen (secondary N) is 1. The molecule has 82 valence electrons. The number of hydrogen-bond donors (Lipinski definition) is 1. The molecule has 0 bridgehead atoms. The number of fused-ring (bicyclic) bond motifs is 1. The molecule has 0 radical (unpaired) electrons. The largest absolute Gasteiger partial charge is 0.493 e. The van der Waals surface area contributed by atoms with Gasteiger partial charge in [-0.05, 0) is 13.1 Å². The molecule has 0 saturated heterocycles. The fraction of sp³-hybridized carbons (Fsp3) is 0.455. The molecule has 1 aliphatic heterocycles. The predicted molar refractivity (Wildman–Crippen MR) is 62.7 cm³/mol. The van der Waals surface area contributed by atoms with E-state index < -0.39 is 0 Å². The van der Waals surface area contributed by atoms with Gasteiger partial charge in [0.25, 0.3) is 0 Å². The summed E-state index contributed by atoms with van der Waals surface area (Å²) in [6, 6.07) is 2.10. The van der Waals surface area contributed by atoms with Gasteiger partial charge in [0.15, 0.2) is 11.5 Å². The lowest BCUT2D eigenvalue weighted by atomic mass is 10.1. The van der Waals surface area contributed by atoms with Gasteiger partial charge in [-0.2, -0.15) is 0 Å². The van der Waals surface area contributed by atoms with E-state index >= 15 is 0 Å². The minimum atomic E-state index is 0.743. The molecule has 0 fully saturated rings. The normalized spacial score (nSPS) is 13.5. The highest BCUT2D eigenvalue weighted by Crippen LogP contribution is 2.42. The summed E-state index contributed by atoms with van der Waals surface area (Å²) in [4.78, 5) is 0. The van der Waals surface area contributed by atoms with Crippen molar-refractivity contribution >= 4 is 15.9 Å². The molecule has 0 spiro atoms. The number of methoxy groups -OCH3 is 1. The first-order chi connectivity index (χ1) is 7.27. The summed E-state index contributed by atoms with van der Waals surface area (Å²) in [7, 11) is 3.60. The molecule has 1 N–H and O–H groups in total. The molecule has 1 aliphatic rings. The minimum Gasteiger partial charge on any atom is -0.493 e. The predicted octanol–water partition coefficient (Wildman–Crippen LogP) is 2.11. The molecule has 0 aliphatic carbocycles. The van der Waals surface area contributed by atoms with Crippen molar-refractivity contribution in [2.75, 3.05) is 20.8 Å². The monoisotopic (exact) mass is 271 g/mol. The van der Waals surface area contributed by atoms with E-state index in [1.54, 1.807) is 7.11 Å². The van der Waals surface area contributed by atoms with Crippen molar-refractivity contribution in [2.24, 2.45) is 0 Å². The van der Waals surface area contributed by atoms with Crippen LogP contribution in [0.4, 0.5) is 0 Å². The molecule has 1 aromatic carbocycles. The summed E-state index contributed by atoms with van der Waals surface area (Å²) in [5, 5.41) is 3.12. The third-order valence-corrected chi connectivity index (χ3v) is 3.24. The van der Waals surface area contributed by atoms with Gasteiger partial charge in [-0.15, -0.1) is 0 Å². The quantitative estimate of drug-likeness (QED) is 0.914. The second-order valence-corrected chi connectivity index (χ2v) is 4.34. The first-order valence-corrected chi connectivity index (χ1v) is 5.73. The van der Waals surface area contributed by atoms with Gasteiger partial charge in [0.2, 0.25) is 0 Å². The van der Waals surface area contributed by atoms with Crippen molar-refractivity contribution < 1.29 is 9.47 Å². The molecule has 0 unspecified atom stereocenters. The SMILES string of the molecule is CNCc1cc(Br)c2c(c1OC)OCC2. The maximum absolute atomic E-state index is 5.61. The van der Waals surface area contributed by atoms with Crippen LogP contribution in [0.3, 0.4) is 0 Å². The van der Waals surface area contributed by atoms with Crippen molar-refractivity contribution in [1.82, 2.24) is 5.32 Å². The Kier molecular flexibility index (Phi) is 3.17. The van der Waals surface area contributed by atoms with Crippen LogP contribution in [-0.4, -0.2) is 20.8 Å². The topological polar surface area (TPSA) is 30.5 Å². The maximum Gasteiger partial charge on any atom is 0.165 e. The van der Waals surface area contributed by atoms with Crippen LogP contribution in [-0.2, 0) is 13.0 Å². The number of hydrogen-bond acceptors (Lipinski definition) is 3. The van der Waals surface area contributed by atoms with Gasteiger partial charge in [0.1, 0.15) is 0 Å². The summed E-state index contributed by atoms with van der Waals surface area (Å²) in [6.07, 6.45) is 0.951. The van der Waals surface area contributed by atoms with Crippen molar-refractivity contribution in [1.29, 1.82) is 0 Å². The van der Waals surface area contributed by atoms with E-state index in [2.05, 4.69) is 27.3 Å². The van der Waals surface area contributed by atoms with Crippen LogP contribution in [0, 0.1) is 0 Å². The van der Waals surface area contributed by atoms with Crippen LogP contribution in [0.1, 0.15) is 11.1 Å². The van der Waals surface area contributed by atoms with E-state index in [1.165, 1.54) is 5.56 Å². The highest BCUT2D eigenvalue weighted by Gasteiger charge is 2.23. The Hall–Kier alpha value is -0.740. The first-order valence-electron chi connectivity index (χ1n) is 4.93.